The van der Waals surface area contributed by atoms with Crippen molar-refractivity contribution < 1.29 is 28.6 Å². The number of nitrogens with one attached hydrogen (secondary N) is 2. The van der Waals surface area contributed by atoms with E-state index in [1.165, 1.54) is 0 Å². The summed E-state index contributed by atoms with van der Waals surface area (Å²) in [4.78, 5) is 36.7. The molecule has 168 valence electrons. The maximum Gasteiger partial charge on any atom is 0.412 e. The van der Waals surface area contributed by atoms with Crippen LogP contribution in [0.4, 0.5) is 15.3 Å². The first-order valence-corrected chi connectivity index (χ1v) is 9.93. The van der Waals surface area contributed by atoms with E-state index < -0.39 is 35.4 Å². The third-order valence-corrected chi connectivity index (χ3v) is 3.34. The van der Waals surface area contributed by atoms with E-state index in [1.807, 2.05) is 0 Å². The second-order valence-corrected chi connectivity index (χ2v) is 9.22. The quantitative estimate of drug-likeness (QED) is 0.520. The van der Waals surface area contributed by atoms with Gasteiger partial charge >= 0.3 is 18.2 Å². The van der Waals surface area contributed by atoms with Crippen LogP contribution in [0.25, 0.3) is 0 Å². The van der Waals surface area contributed by atoms with Crippen molar-refractivity contribution in [2.24, 2.45) is 0 Å². The highest BCUT2D eigenvalue weighted by Gasteiger charge is 2.26. The van der Waals surface area contributed by atoms with Crippen molar-refractivity contribution in [1.29, 1.82) is 0 Å². The Morgan fingerprint density at radius 2 is 1.50 bits per heavy atom. The molecule has 8 heteroatoms. The Bertz CT molecular complexity index is 747. The van der Waals surface area contributed by atoms with E-state index in [9.17, 15) is 14.4 Å². The highest BCUT2D eigenvalue weighted by molar-refractivity contribution is 5.85. The van der Waals surface area contributed by atoms with Gasteiger partial charge in [-0.05, 0) is 73.1 Å². The van der Waals surface area contributed by atoms with Gasteiger partial charge in [0.1, 0.15) is 17.2 Å². The van der Waals surface area contributed by atoms with Gasteiger partial charge < -0.3 is 19.5 Å². The molecule has 0 aliphatic heterocycles. The summed E-state index contributed by atoms with van der Waals surface area (Å²) in [6.45, 7) is 14.0. The molecular formula is C22H34N2O6. The number of anilines is 1. The topological polar surface area (TPSA) is 103 Å². The van der Waals surface area contributed by atoms with Crippen LogP contribution in [-0.4, -0.2) is 41.5 Å². The fourth-order valence-electron chi connectivity index (χ4n) is 2.39. The maximum atomic E-state index is 12.5. The summed E-state index contributed by atoms with van der Waals surface area (Å²) in [6, 6.07) is 5.98. The average Bonchev–Trinajstić information content (AvgIpc) is 2.50. The summed E-state index contributed by atoms with van der Waals surface area (Å²) in [5.41, 5.74) is -0.0983. The van der Waals surface area contributed by atoms with Crippen LogP contribution in [0, 0.1) is 0 Å². The number of hydrogen-bond donors (Lipinski definition) is 2. The van der Waals surface area contributed by atoms with Gasteiger partial charge in [0.15, 0.2) is 0 Å². The number of amides is 2. The Morgan fingerprint density at radius 1 is 0.933 bits per heavy atom. The average molecular weight is 423 g/mol. The number of rotatable bonds is 6. The third kappa shape index (κ3) is 10.7. The second kappa shape index (κ2) is 10.3. The zero-order valence-corrected chi connectivity index (χ0v) is 19.1. The summed E-state index contributed by atoms with van der Waals surface area (Å²) in [6.07, 6.45) is -1.46. The standard InChI is InChI=1S/C22H34N2O6/c1-14(2)28-18(25)17(24-20(27)30-22(6,7)8)13-15-10-9-11-16(12-15)23-19(26)29-21(3,4)5/h9-12,14,17H,13H2,1-8H3,(H,23,26)(H,24,27)/t17-/m1/s1. The van der Waals surface area contributed by atoms with Gasteiger partial charge in [0.05, 0.1) is 6.10 Å². The van der Waals surface area contributed by atoms with Gasteiger partial charge in [0.2, 0.25) is 0 Å². The van der Waals surface area contributed by atoms with Crippen LogP contribution >= 0.6 is 0 Å². The van der Waals surface area contributed by atoms with E-state index in [2.05, 4.69) is 10.6 Å². The second-order valence-electron chi connectivity index (χ2n) is 9.22. The summed E-state index contributed by atoms with van der Waals surface area (Å²) in [5, 5.41) is 5.23. The van der Waals surface area contributed by atoms with Gasteiger partial charge in [-0.1, -0.05) is 12.1 Å². The van der Waals surface area contributed by atoms with Gasteiger partial charge in [0, 0.05) is 12.1 Å². The first-order chi connectivity index (χ1) is 13.6. The highest BCUT2D eigenvalue weighted by Crippen LogP contribution is 2.16. The zero-order valence-electron chi connectivity index (χ0n) is 19.1. The lowest BCUT2D eigenvalue weighted by molar-refractivity contribution is -0.149. The number of carbonyl (C=O) groups is 3. The van der Waals surface area contributed by atoms with Crippen LogP contribution in [-0.2, 0) is 25.4 Å². The minimum absolute atomic E-state index is 0.161. The van der Waals surface area contributed by atoms with Gasteiger partial charge in [-0.25, -0.2) is 14.4 Å². The predicted octanol–water partition coefficient (Wildman–Crippen LogP) is 4.42. The molecule has 0 bridgehead atoms. The van der Waals surface area contributed by atoms with Crippen molar-refractivity contribution in [2.75, 3.05) is 5.32 Å². The van der Waals surface area contributed by atoms with E-state index in [0.717, 1.165) is 0 Å². The molecule has 0 aliphatic rings. The fourth-order valence-corrected chi connectivity index (χ4v) is 2.39. The molecule has 0 unspecified atom stereocenters. The monoisotopic (exact) mass is 422 g/mol. The Balaban J connectivity index is 2.93. The Kier molecular flexibility index (Phi) is 8.69. The lowest BCUT2D eigenvalue weighted by Gasteiger charge is -2.23. The Hall–Kier alpha value is -2.77. The normalized spacial score (nSPS) is 12.7. The molecule has 1 aromatic carbocycles. The summed E-state index contributed by atoms with van der Waals surface area (Å²) >= 11 is 0. The van der Waals surface area contributed by atoms with E-state index in [-0.39, 0.29) is 12.5 Å². The van der Waals surface area contributed by atoms with Crippen LogP contribution in [0.1, 0.15) is 61.0 Å². The van der Waals surface area contributed by atoms with Gasteiger partial charge in [-0.15, -0.1) is 0 Å². The van der Waals surface area contributed by atoms with E-state index in [0.29, 0.717) is 11.3 Å². The van der Waals surface area contributed by atoms with Crippen molar-refractivity contribution in [1.82, 2.24) is 5.32 Å². The maximum absolute atomic E-state index is 12.5. The third-order valence-electron chi connectivity index (χ3n) is 3.34. The predicted molar refractivity (Wildman–Crippen MR) is 114 cm³/mol. The largest absolute Gasteiger partial charge is 0.461 e. The molecule has 0 aromatic heterocycles. The molecule has 1 atom stereocenters. The zero-order chi connectivity index (χ0) is 23.1. The molecule has 0 spiro atoms. The molecule has 8 nitrogen and oxygen atoms in total. The highest BCUT2D eigenvalue weighted by atomic mass is 16.6. The van der Waals surface area contributed by atoms with Crippen molar-refractivity contribution in [3.05, 3.63) is 29.8 Å². The Morgan fingerprint density at radius 3 is 2.03 bits per heavy atom. The Labute approximate surface area is 178 Å². The fraction of sp³-hybridized carbons (Fsp3) is 0.591. The van der Waals surface area contributed by atoms with Crippen molar-refractivity contribution in [3.63, 3.8) is 0 Å². The van der Waals surface area contributed by atoms with Gasteiger partial charge in [-0.2, -0.15) is 0 Å². The van der Waals surface area contributed by atoms with Gasteiger partial charge in [0.25, 0.3) is 0 Å². The molecule has 0 saturated heterocycles. The van der Waals surface area contributed by atoms with E-state index in [4.69, 9.17) is 14.2 Å². The molecule has 2 amide bonds. The van der Waals surface area contributed by atoms with E-state index >= 15 is 0 Å². The summed E-state index contributed by atoms with van der Waals surface area (Å²) in [5.74, 6) is -0.568. The molecule has 1 aromatic rings. The molecular weight excluding hydrogens is 388 g/mol. The molecule has 1 rings (SSSR count). The molecule has 0 saturated carbocycles. The number of alkyl carbamates (subject to hydrolysis) is 1. The number of esters is 1. The SMILES string of the molecule is CC(C)OC(=O)[C@@H](Cc1cccc(NC(=O)OC(C)(C)C)c1)NC(=O)OC(C)(C)C. The van der Waals surface area contributed by atoms with Crippen molar-refractivity contribution in [3.8, 4) is 0 Å². The first-order valence-electron chi connectivity index (χ1n) is 9.93. The first kappa shape index (κ1) is 25.3. The van der Waals surface area contributed by atoms with Crippen LogP contribution in [0.5, 0.6) is 0 Å². The van der Waals surface area contributed by atoms with Crippen LogP contribution in [0.2, 0.25) is 0 Å². The van der Waals surface area contributed by atoms with Gasteiger partial charge in [-0.3, -0.25) is 5.32 Å². The number of benzene rings is 1. The summed E-state index contributed by atoms with van der Waals surface area (Å²) < 4.78 is 15.8. The minimum Gasteiger partial charge on any atom is -0.461 e. The number of carbonyl (C=O) groups excluding carboxylic acids is 3. The van der Waals surface area contributed by atoms with Crippen LogP contribution in [0.3, 0.4) is 0 Å². The number of ether oxygens (including phenoxy) is 3. The summed E-state index contributed by atoms with van der Waals surface area (Å²) in [7, 11) is 0. The van der Waals surface area contributed by atoms with Crippen LogP contribution in [0.15, 0.2) is 24.3 Å². The molecule has 30 heavy (non-hydrogen) atoms. The van der Waals surface area contributed by atoms with Crippen molar-refractivity contribution in [2.45, 2.75) is 85.2 Å². The molecule has 2 N–H and O–H groups in total. The molecule has 0 fully saturated rings. The lowest BCUT2D eigenvalue weighted by Crippen LogP contribution is -2.46. The smallest absolute Gasteiger partial charge is 0.412 e. The molecule has 0 heterocycles. The van der Waals surface area contributed by atoms with Crippen molar-refractivity contribution >= 4 is 23.8 Å². The lowest BCUT2D eigenvalue weighted by atomic mass is 10.1. The number of hydrogen-bond acceptors (Lipinski definition) is 6. The minimum atomic E-state index is -0.945. The van der Waals surface area contributed by atoms with Crippen LogP contribution < -0.4 is 10.6 Å². The molecule has 0 aliphatic carbocycles. The molecule has 0 radical (unpaired) electrons. The van der Waals surface area contributed by atoms with E-state index in [1.54, 1.807) is 79.7 Å².